The molecule has 9 aromatic rings. The average Bonchev–Trinajstić information content (AvgIpc) is 3.54. The van der Waals surface area contributed by atoms with Gasteiger partial charge in [-0.3, -0.25) is 9.59 Å². The molecule has 2 aliphatic heterocycles. The number of benzene rings is 9. The van der Waals surface area contributed by atoms with Crippen LogP contribution in [0.1, 0.15) is 28.7 Å². The molecule has 13 rings (SSSR count). The summed E-state index contributed by atoms with van der Waals surface area (Å²) < 4.78 is 6.09. The number of nitrogens with zero attached hydrogens (tertiary/aromatic N) is 1. The Labute approximate surface area is 332 Å². The van der Waals surface area contributed by atoms with Gasteiger partial charge in [-0.25, -0.2) is 0 Å². The lowest BCUT2D eigenvalue weighted by Gasteiger charge is -2.56. The Morgan fingerprint density at radius 1 is 0.610 bits per heavy atom. The lowest BCUT2D eigenvalue weighted by atomic mass is 9.53. The van der Waals surface area contributed by atoms with E-state index in [9.17, 15) is 50.4 Å². The van der Waals surface area contributed by atoms with E-state index in [1.54, 1.807) is 19.9 Å². The van der Waals surface area contributed by atoms with Crippen LogP contribution in [0.5, 0.6) is 46.0 Å². The van der Waals surface area contributed by atoms with Gasteiger partial charge in [0.1, 0.15) is 46.7 Å². The molecule has 1 saturated heterocycles. The van der Waals surface area contributed by atoms with Gasteiger partial charge in [-0.1, -0.05) is 18.2 Å². The summed E-state index contributed by atoms with van der Waals surface area (Å²) in [5.41, 5.74) is 2.47. The summed E-state index contributed by atoms with van der Waals surface area (Å²) in [6.07, 6.45) is 5.18. The molecule has 0 saturated carbocycles. The summed E-state index contributed by atoms with van der Waals surface area (Å²) in [5, 5.41) is 90.3. The minimum Gasteiger partial charge on any atom is -0.507 e. The van der Waals surface area contributed by atoms with Gasteiger partial charge in [0.15, 0.2) is 22.4 Å². The topological polar surface area (TPSA) is 208 Å². The zero-order chi connectivity index (χ0) is 41.0. The van der Waals surface area contributed by atoms with Crippen LogP contribution >= 0.6 is 0 Å². The molecule has 2 bridgehead atoms. The predicted molar refractivity (Wildman–Crippen MR) is 223 cm³/mol. The highest BCUT2D eigenvalue weighted by Gasteiger charge is 2.64. The molecule has 59 heavy (non-hydrogen) atoms. The van der Waals surface area contributed by atoms with Crippen molar-refractivity contribution in [3.8, 4) is 46.0 Å². The molecule has 5 atom stereocenters. The van der Waals surface area contributed by atoms with E-state index in [0.717, 1.165) is 31.5 Å². The van der Waals surface area contributed by atoms with E-state index < -0.39 is 51.5 Å². The molecule has 2 aliphatic carbocycles. The van der Waals surface area contributed by atoms with Crippen LogP contribution in [0.25, 0.3) is 75.4 Å². The van der Waals surface area contributed by atoms with E-state index in [0.29, 0.717) is 61.2 Å². The molecule has 9 aromatic carbocycles. The van der Waals surface area contributed by atoms with Crippen LogP contribution in [0.4, 0.5) is 0 Å². The van der Waals surface area contributed by atoms with Crippen molar-refractivity contribution in [2.75, 3.05) is 13.6 Å². The van der Waals surface area contributed by atoms with Gasteiger partial charge < -0.3 is 50.5 Å². The molecule has 1 spiro atoms. The number of likely N-dealkylation sites (N-methyl/N-ethyl adjacent to an activating group) is 1. The van der Waals surface area contributed by atoms with Crippen molar-refractivity contribution in [3.05, 3.63) is 91.3 Å². The van der Waals surface area contributed by atoms with Gasteiger partial charge in [0.05, 0.1) is 21.5 Å². The monoisotopic (exact) mass is 789 g/mol. The molecular weight excluding hydrogens is 755 g/mol. The number of phenolic OH excluding ortho intramolecular Hbond substituents is 7. The highest BCUT2D eigenvalue weighted by molar-refractivity contribution is 6.51. The lowest BCUT2D eigenvalue weighted by Crippen LogP contribution is -2.64. The first kappa shape index (κ1) is 34.3. The highest BCUT2D eigenvalue weighted by atomic mass is 16.5. The van der Waals surface area contributed by atoms with Crippen LogP contribution in [0.3, 0.4) is 0 Å². The molecule has 0 unspecified atom stereocenters. The number of ether oxygens (including phenoxy) is 1. The van der Waals surface area contributed by atoms with E-state index in [2.05, 4.69) is 18.0 Å². The average molecular weight is 790 g/mol. The summed E-state index contributed by atoms with van der Waals surface area (Å²) in [5.74, 6) is -1.56. The summed E-state index contributed by atoms with van der Waals surface area (Å²) in [7, 11) is 2.19. The number of piperidine rings is 1. The Morgan fingerprint density at radius 2 is 1.10 bits per heavy atom. The molecule has 1 fully saturated rings. The normalized spacial score (nSPS) is 23.4. The smallest absolute Gasteiger partial charge is 0.190 e. The van der Waals surface area contributed by atoms with Crippen molar-refractivity contribution in [1.82, 2.24) is 4.90 Å². The van der Waals surface area contributed by atoms with Crippen molar-refractivity contribution in [2.24, 2.45) is 5.92 Å². The number of phenols is 7. The third kappa shape index (κ3) is 3.70. The quantitative estimate of drug-likeness (QED) is 0.0485. The highest BCUT2D eigenvalue weighted by Crippen LogP contribution is 2.63. The second-order valence-corrected chi connectivity index (χ2v) is 17.1. The van der Waals surface area contributed by atoms with Crippen LogP contribution in [0.15, 0.2) is 58.1 Å². The van der Waals surface area contributed by atoms with E-state index in [4.69, 9.17) is 4.74 Å². The molecule has 2 heterocycles. The number of rotatable bonds is 0. The van der Waals surface area contributed by atoms with Crippen molar-refractivity contribution < 1.29 is 45.6 Å². The Bertz CT molecular complexity index is 3390. The third-order valence-electron chi connectivity index (χ3n) is 14.4. The van der Waals surface area contributed by atoms with Crippen LogP contribution in [-0.2, 0) is 11.8 Å². The van der Waals surface area contributed by atoms with Gasteiger partial charge >= 0.3 is 0 Å². The lowest BCUT2D eigenvalue weighted by molar-refractivity contribution is -0.0453. The van der Waals surface area contributed by atoms with Gasteiger partial charge in [-0.05, 0) is 85.9 Å². The van der Waals surface area contributed by atoms with Crippen LogP contribution in [-0.4, -0.2) is 77.6 Å². The van der Waals surface area contributed by atoms with Crippen molar-refractivity contribution >= 4 is 75.4 Å². The van der Waals surface area contributed by atoms with Crippen molar-refractivity contribution in [1.29, 1.82) is 0 Å². The fourth-order valence-electron chi connectivity index (χ4n) is 12.2. The minimum absolute atomic E-state index is 0.0431. The standard InChI is InChI=1S/C30H16O8.C17H19NO3/c1-7-3-9(31)19-23-15(7)16-8(2)4-10(32)20-24(16)28-26-18(12(34)6-14(36)22(26)30(20)38)17-11(33)5-13(35)21(29(19)37)25(17)27(23)28;1-18-7-6-17-10-3-5-13(20)16(17)21-15-12(19)4-2-9(14(15)17)8-11(10)18/h3-6,33-38H,1-2H3;2-5,10-11,13,16,19-20H,6-8H2,1H3/t;10-,11+,13-,16-,17-/m.0/s1. The summed E-state index contributed by atoms with van der Waals surface area (Å²) in [6, 6.07) is 9.00. The maximum absolute atomic E-state index is 13.4. The van der Waals surface area contributed by atoms with Crippen LogP contribution in [0.2, 0.25) is 0 Å². The number of hydrogen-bond donors (Lipinski definition) is 8. The van der Waals surface area contributed by atoms with Gasteiger partial charge in [-0.2, -0.15) is 0 Å². The molecule has 0 radical (unpaired) electrons. The van der Waals surface area contributed by atoms with E-state index >= 15 is 0 Å². The van der Waals surface area contributed by atoms with E-state index in [1.807, 2.05) is 12.1 Å². The fraction of sp³-hybridized carbons (Fsp3) is 0.234. The first-order valence-corrected chi connectivity index (χ1v) is 19.5. The van der Waals surface area contributed by atoms with E-state index in [1.165, 1.54) is 23.3 Å². The molecule has 0 amide bonds. The van der Waals surface area contributed by atoms with Gasteiger partial charge in [0.25, 0.3) is 0 Å². The molecular formula is C47H35NO11. The Kier molecular flexibility index (Phi) is 6.19. The second-order valence-electron chi connectivity index (χ2n) is 17.1. The molecule has 0 aromatic heterocycles. The van der Waals surface area contributed by atoms with E-state index in [-0.39, 0.29) is 60.4 Å². The number of aliphatic hydroxyl groups excluding tert-OH is 1. The summed E-state index contributed by atoms with van der Waals surface area (Å²) >= 11 is 0. The SMILES string of the molecule is CN1CC[C@]23c4c5ccc(O)c4O[C@H]2[C@@H](O)C=C[C@H]3[C@H]1C5.Cc1cc(=O)c2c(O)c3c(O)cc(O)c4c5c(O)cc(O)c6c(O)c7c(=O)cc(C)c8c1c2c(c34)c(c65)c78. The Balaban J connectivity index is 0.000000151. The molecule has 4 aliphatic rings. The first-order valence-electron chi connectivity index (χ1n) is 19.5. The minimum atomic E-state index is -0.594. The van der Waals surface area contributed by atoms with Crippen molar-refractivity contribution in [2.45, 2.75) is 50.4 Å². The summed E-state index contributed by atoms with van der Waals surface area (Å²) in [6.45, 7) is 4.48. The zero-order valence-corrected chi connectivity index (χ0v) is 31.8. The van der Waals surface area contributed by atoms with Crippen molar-refractivity contribution in [3.63, 3.8) is 0 Å². The molecule has 12 nitrogen and oxygen atoms in total. The van der Waals surface area contributed by atoms with Crippen LogP contribution < -0.4 is 15.6 Å². The number of fused-ring (bicyclic) bond motifs is 2. The van der Waals surface area contributed by atoms with Gasteiger partial charge in [0, 0.05) is 78.2 Å². The maximum atomic E-state index is 13.4. The van der Waals surface area contributed by atoms with Gasteiger partial charge in [0.2, 0.25) is 0 Å². The maximum Gasteiger partial charge on any atom is 0.190 e. The first-order chi connectivity index (χ1) is 28.2. The Morgan fingerprint density at radius 3 is 1.64 bits per heavy atom. The largest absolute Gasteiger partial charge is 0.507 e. The number of likely N-dealkylation sites (tertiary alicyclic amines) is 1. The second kappa shape index (κ2) is 10.6. The molecule has 8 N–H and O–H groups in total. The fourth-order valence-corrected chi connectivity index (χ4v) is 12.2. The molecule has 12 heteroatoms. The molecule has 294 valence electrons. The zero-order valence-electron chi connectivity index (χ0n) is 31.8. The number of hydrogen-bond acceptors (Lipinski definition) is 12. The third-order valence-corrected chi connectivity index (χ3v) is 14.4. The summed E-state index contributed by atoms with van der Waals surface area (Å²) in [4.78, 5) is 29.1. The number of aromatic hydroxyl groups is 7. The van der Waals surface area contributed by atoms with Gasteiger partial charge in [-0.15, -0.1) is 0 Å². The number of aryl methyl sites for hydroxylation is 2. The number of aliphatic hydroxyl groups is 1. The van der Waals surface area contributed by atoms with Crippen LogP contribution in [0, 0.1) is 19.8 Å². The predicted octanol–water partition coefficient (Wildman–Crippen LogP) is 6.28. The Hall–Kier alpha value is -6.76.